The van der Waals surface area contributed by atoms with Crippen molar-refractivity contribution in [3.63, 3.8) is 0 Å². The number of carboxylic acid groups (broad SMARTS) is 1. The molecule has 2 heterocycles. The van der Waals surface area contributed by atoms with E-state index in [4.69, 9.17) is 5.11 Å². The van der Waals surface area contributed by atoms with Crippen LogP contribution in [0.2, 0.25) is 0 Å². The molecule has 0 spiro atoms. The normalized spacial score (nSPS) is 23.1. The minimum absolute atomic E-state index is 0.135. The molecule has 1 fully saturated rings. The van der Waals surface area contributed by atoms with E-state index in [0.29, 0.717) is 25.0 Å². The summed E-state index contributed by atoms with van der Waals surface area (Å²) in [4.78, 5) is 18.8. The van der Waals surface area contributed by atoms with E-state index in [1.807, 2.05) is 19.0 Å². The average Bonchev–Trinajstić information content (AvgIpc) is 2.71. The van der Waals surface area contributed by atoms with Gasteiger partial charge in [0.05, 0.1) is 0 Å². The van der Waals surface area contributed by atoms with Gasteiger partial charge in [-0.25, -0.2) is 14.2 Å². The summed E-state index contributed by atoms with van der Waals surface area (Å²) in [6.45, 7) is 3.43. The smallest absolute Gasteiger partial charge is 0.338 e. The van der Waals surface area contributed by atoms with Crippen molar-refractivity contribution in [3.05, 3.63) is 23.6 Å². The molecule has 1 aromatic rings. The van der Waals surface area contributed by atoms with Crippen LogP contribution < -0.4 is 4.90 Å². The number of hydrogen-bond acceptors (Lipinski definition) is 4. The van der Waals surface area contributed by atoms with Gasteiger partial charge in [0.1, 0.15) is 5.56 Å². The van der Waals surface area contributed by atoms with E-state index >= 15 is 0 Å². The highest BCUT2D eigenvalue weighted by Crippen LogP contribution is 2.27. The van der Waals surface area contributed by atoms with Gasteiger partial charge >= 0.3 is 5.97 Å². The molecule has 0 amide bonds. The molecular formula is C13H18FN3O2. The lowest BCUT2D eigenvalue weighted by Gasteiger charge is -2.22. The van der Waals surface area contributed by atoms with Crippen LogP contribution in [0.5, 0.6) is 0 Å². The fourth-order valence-corrected chi connectivity index (χ4v) is 2.61. The zero-order chi connectivity index (χ0) is 14.2. The predicted molar refractivity (Wildman–Crippen MR) is 70.0 cm³/mol. The number of aromatic nitrogens is 1. The first kappa shape index (κ1) is 13.7. The molecule has 0 aromatic carbocycles. The molecule has 2 unspecified atom stereocenters. The minimum atomic E-state index is -1.27. The number of halogens is 1. The van der Waals surface area contributed by atoms with Gasteiger partial charge in [0.25, 0.3) is 0 Å². The molecule has 0 radical (unpaired) electrons. The van der Waals surface area contributed by atoms with Crippen LogP contribution in [0, 0.1) is 11.7 Å². The lowest BCUT2D eigenvalue weighted by atomic mass is 10.1. The van der Waals surface area contributed by atoms with E-state index in [1.54, 1.807) is 0 Å². The van der Waals surface area contributed by atoms with E-state index in [2.05, 4.69) is 16.8 Å². The molecule has 1 N–H and O–H groups in total. The topological polar surface area (TPSA) is 56.7 Å². The van der Waals surface area contributed by atoms with Crippen molar-refractivity contribution in [1.82, 2.24) is 9.88 Å². The van der Waals surface area contributed by atoms with E-state index in [9.17, 15) is 9.18 Å². The van der Waals surface area contributed by atoms with Gasteiger partial charge in [0.2, 0.25) is 0 Å². The Hall–Kier alpha value is -1.69. The second kappa shape index (κ2) is 5.13. The second-order valence-electron chi connectivity index (χ2n) is 5.21. The largest absolute Gasteiger partial charge is 0.478 e. The van der Waals surface area contributed by atoms with Crippen LogP contribution in [-0.4, -0.2) is 54.2 Å². The molecule has 6 heteroatoms. The molecule has 1 aliphatic heterocycles. The quantitative estimate of drug-likeness (QED) is 0.894. The SMILES string of the molecule is CC1CN(c2nccc(C(=O)O)c2F)CC1N(C)C. The van der Waals surface area contributed by atoms with Gasteiger partial charge < -0.3 is 14.9 Å². The summed E-state index contributed by atoms with van der Waals surface area (Å²) in [5.74, 6) is -1.50. The Kier molecular flexibility index (Phi) is 3.71. The van der Waals surface area contributed by atoms with Crippen LogP contribution in [0.15, 0.2) is 12.3 Å². The second-order valence-corrected chi connectivity index (χ2v) is 5.21. The van der Waals surface area contributed by atoms with Crippen molar-refractivity contribution in [2.45, 2.75) is 13.0 Å². The van der Waals surface area contributed by atoms with Crippen LogP contribution >= 0.6 is 0 Å². The summed E-state index contributed by atoms with van der Waals surface area (Å²) in [6.07, 6.45) is 1.34. The number of carboxylic acids is 1. The number of nitrogens with zero attached hydrogens (tertiary/aromatic N) is 3. The van der Waals surface area contributed by atoms with E-state index in [1.165, 1.54) is 12.3 Å². The Bertz CT molecular complexity index is 493. The van der Waals surface area contributed by atoms with Gasteiger partial charge in [-0.15, -0.1) is 0 Å². The van der Waals surface area contributed by atoms with Crippen molar-refractivity contribution in [2.75, 3.05) is 32.1 Å². The Morgan fingerprint density at radius 2 is 2.21 bits per heavy atom. The summed E-state index contributed by atoms with van der Waals surface area (Å²) >= 11 is 0. The fraction of sp³-hybridized carbons (Fsp3) is 0.538. The van der Waals surface area contributed by atoms with Crippen LogP contribution in [0.1, 0.15) is 17.3 Å². The summed E-state index contributed by atoms with van der Waals surface area (Å²) in [5.41, 5.74) is -0.328. The number of anilines is 1. The van der Waals surface area contributed by atoms with Crippen molar-refractivity contribution < 1.29 is 14.3 Å². The number of carbonyl (C=O) groups is 1. The standard InChI is InChI=1S/C13H18FN3O2/c1-8-6-17(7-10(8)16(2)3)12-11(14)9(13(18)19)4-5-15-12/h4-5,8,10H,6-7H2,1-3H3,(H,18,19). The van der Waals surface area contributed by atoms with Crippen LogP contribution in [0.25, 0.3) is 0 Å². The molecule has 0 saturated carbocycles. The van der Waals surface area contributed by atoms with Gasteiger partial charge in [-0.3, -0.25) is 0 Å². The number of hydrogen-bond donors (Lipinski definition) is 1. The third-order valence-corrected chi connectivity index (χ3v) is 3.64. The molecular weight excluding hydrogens is 249 g/mol. The lowest BCUT2D eigenvalue weighted by molar-refractivity contribution is 0.0691. The summed E-state index contributed by atoms with van der Waals surface area (Å²) in [5, 5.41) is 8.93. The fourth-order valence-electron chi connectivity index (χ4n) is 2.61. The third-order valence-electron chi connectivity index (χ3n) is 3.64. The number of pyridine rings is 1. The molecule has 104 valence electrons. The van der Waals surface area contributed by atoms with Crippen molar-refractivity contribution in [1.29, 1.82) is 0 Å². The summed E-state index contributed by atoms with van der Waals surface area (Å²) in [7, 11) is 3.98. The van der Waals surface area contributed by atoms with E-state index in [0.717, 1.165) is 0 Å². The maximum Gasteiger partial charge on any atom is 0.338 e. The maximum atomic E-state index is 14.1. The van der Waals surface area contributed by atoms with Crippen molar-refractivity contribution in [2.24, 2.45) is 5.92 Å². The highest BCUT2D eigenvalue weighted by molar-refractivity contribution is 5.88. The Morgan fingerprint density at radius 3 is 2.74 bits per heavy atom. The zero-order valence-electron chi connectivity index (χ0n) is 11.3. The lowest BCUT2D eigenvalue weighted by Crippen LogP contribution is -2.34. The first-order valence-electron chi connectivity index (χ1n) is 6.21. The molecule has 1 aromatic heterocycles. The van der Waals surface area contributed by atoms with Gasteiger partial charge in [-0.2, -0.15) is 0 Å². The van der Waals surface area contributed by atoms with E-state index in [-0.39, 0.29) is 11.4 Å². The van der Waals surface area contributed by atoms with Gasteiger partial charge in [-0.1, -0.05) is 6.92 Å². The van der Waals surface area contributed by atoms with Crippen LogP contribution in [0.4, 0.5) is 10.2 Å². The Morgan fingerprint density at radius 1 is 1.53 bits per heavy atom. The first-order valence-corrected chi connectivity index (χ1v) is 6.21. The highest BCUT2D eigenvalue weighted by atomic mass is 19.1. The number of likely N-dealkylation sites (N-methyl/N-ethyl adjacent to an activating group) is 1. The van der Waals surface area contributed by atoms with Gasteiger partial charge in [-0.05, 0) is 26.1 Å². The van der Waals surface area contributed by atoms with Gasteiger partial charge in [0, 0.05) is 25.3 Å². The summed E-state index contributed by atoms with van der Waals surface area (Å²) < 4.78 is 14.1. The van der Waals surface area contributed by atoms with E-state index < -0.39 is 11.8 Å². The molecule has 19 heavy (non-hydrogen) atoms. The minimum Gasteiger partial charge on any atom is -0.478 e. The number of rotatable bonds is 3. The van der Waals surface area contributed by atoms with Crippen LogP contribution in [-0.2, 0) is 0 Å². The monoisotopic (exact) mass is 267 g/mol. The molecule has 2 rings (SSSR count). The molecule has 1 aliphatic rings. The maximum absolute atomic E-state index is 14.1. The zero-order valence-corrected chi connectivity index (χ0v) is 11.3. The number of aromatic carboxylic acids is 1. The Labute approximate surface area is 111 Å². The molecule has 0 bridgehead atoms. The van der Waals surface area contributed by atoms with Crippen molar-refractivity contribution in [3.8, 4) is 0 Å². The third kappa shape index (κ3) is 2.53. The highest BCUT2D eigenvalue weighted by Gasteiger charge is 2.33. The van der Waals surface area contributed by atoms with Gasteiger partial charge in [0.15, 0.2) is 11.6 Å². The Balaban J connectivity index is 2.29. The molecule has 0 aliphatic carbocycles. The summed E-state index contributed by atoms with van der Waals surface area (Å²) in [6, 6.07) is 1.50. The van der Waals surface area contributed by atoms with Crippen molar-refractivity contribution >= 4 is 11.8 Å². The molecule has 1 saturated heterocycles. The first-order chi connectivity index (χ1) is 8.91. The molecule has 2 atom stereocenters. The van der Waals surface area contributed by atoms with Crippen LogP contribution in [0.3, 0.4) is 0 Å². The predicted octanol–water partition coefficient (Wildman–Crippen LogP) is 1.31. The average molecular weight is 267 g/mol. The molecule has 5 nitrogen and oxygen atoms in total.